The molecule has 1 aliphatic carbocycles. The van der Waals surface area contributed by atoms with Gasteiger partial charge in [0.05, 0.1) is 5.92 Å². The van der Waals surface area contributed by atoms with Crippen LogP contribution in [0.15, 0.2) is 18.2 Å². The van der Waals surface area contributed by atoms with E-state index in [1.807, 2.05) is 6.92 Å². The highest BCUT2D eigenvalue weighted by molar-refractivity contribution is 6.08. The van der Waals surface area contributed by atoms with E-state index in [-0.39, 0.29) is 12.2 Å². The molecule has 1 aromatic rings. The number of benzene rings is 1. The summed E-state index contributed by atoms with van der Waals surface area (Å²) in [7, 11) is 0. The monoisotopic (exact) mass is 289 g/mol. The van der Waals surface area contributed by atoms with Gasteiger partial charge in [0.25, 0.3) is 0 Å². The van der Waals surface area contributed by atoms with Crippen LogP contribution in [-0.2, 0) is 9.59 Å². The molecule has 1 heterocycles. The lowest BCUT2D eigenvalue weighted by Gasteiger charge is -2.36. The predicted octanol–water partition coefficient (Wildman–Crippen LogP) is 2.01. The molecule has 1 saturated carbocycles. The summed E-state index contributed by atoms with van der Waals surface area (Å²) in [4.78, 5) is 35.3. The number of Topliss-reactive ketones (excluding diaryl/α,β-unsaturated/α-hetero) is 1. The van der Waals surface area contributed by atoms with Crippen LogP contribution in [0, 0.1) is 22.5 Å². The molecule has 0 aromatic heterocycles. The summed E-state index contributed by atoms with van der Waals surface area (Å²) >= 11 is 0. The maximum Gasteiger partial charge on any atom is 0.325 e. The third kappa shape index (κ3) is 1.93. The van der Waals surface area contributed by atoms with Crippen molar-refractivity contribution in [2.75, 3.05) is 6.54 Å². The van der Waals surface area contributed by atoms with Gasteiger partial charge in [-0.3, -0.25) is 19.7 Å². The largest absolute Gasteiger partial charge is 0.425 e. The van der Waals surface area contributed by atoms with Crippen molar-refractivity contribution in [1.82, 2.24) is 0 Å². The van der Waals surface area contributed by atoms with Crippen LogP contribution < -0.4 is 4.74 Å². The van der Waals surface area contributed by atoms with Crippen LogP contribution in [0.5, 0.6) is 5.75 Å². The van der Waals surface area contributed by atoms with Crippen LogP contribution in [0.2, 0.25) is 0 Å². The number of ketones is 1. The van der Waals surface area contributed by atoms with E-state index in [4.69, 9.17) is 4.74 Å². The van der Waals surface area contributed by atoms with Gasteiger partial charge in [-0.25, -0.2) is 0 Å². The van der Waals surface area contributed by atoms with Gasteiger partial charge >= 0.3 is 5.97 Å². The second kappa shape index (κ2) is 4.65. The van der Waals surface area contributed by atoms with Crippen molar-refractivity contribution in [3.63, 3.8) is 0 Å². The standard InChI is InChI=1S/C15H15NO5/c1-9-4-5-12-10(7-9)11(8-16(19)20)15(14(18)21-12)6-2-3-13(15)17/h4-5,7,11H,2-3,6,8H2,1H3/t11-,15+/m0/s1. The zero-order chi connectivity index (χ0) is 15.2. The Morgan fingerprint density at radius 3 is 2.81 bits per heavy atom. The number of fused-ring (bicyclic) bond motifs is 1. The molecule has 6 nitrogen and oxygen atoms in total. The first-order valence-corrected chi connectivity index (χ1v) is 6.93. The van der Waals surface area contributed by atoms with Gasteiger partial charge in [0.15, 0.2) is 5.78 Å². The molecular formula is C15H15NO5. The summed E-state index contributed by atoms with van der Waals surface area (Å²) in [5, 5.41) is 11.1. The van der Waals surface area contributed by atoms with E-state index in [0.717, 1.165) is 5.56 Å². The molecular weight excluding hydrogens is 274 g/mol. The summed E-state index contributed by atoms with van der Waals surface area (Å²) in [6, 6.07) is 5.20. The van der Waals surface area contributed by atoms with Crippen LogP contribution in [0.1, 0.15) is 36.3 Å². The lowest BCUT2D eigenvalue weighted by molar-refractivity contribution is -0.485. The number of hydrogen-bond acceptors (Lipinski definition) is 5. The van der Waals surface area contributed by atoms with Crippen molar-refractivity contribution in [3.05, 3.63) is 39.4 Å². The maximum atomic E-state index is 12.4. The molecule has 1 fully saturated rings. The lowest BCUT2D eigenvalue weighted by atomic mass is 9.68. The number of carbonyl (C=O) groups excluding carboxylic acids is 2. The highest BCUT2D eigenvalue weighted by Gasteiger charge is 2.60. The van der Waals surface area contributed by atoms with Crippen molar-refractivity contribution in [2.45, 2.75) is 32.1 Å². The molecule has 2 atom stereocenters. The topological polar surface area (TPSA) is 86.5 Å². The second-order valence-electron chi connectivity index (χ2n) is 5.75. The number of ether oxygens (including phenoxy) is 1. The molecule has 2 aliphatic rings. The number of nitrogens with zero attached hydrogens (tertiary/aromatic N) is 1. The molecule has 6 heteroatoms. The third-order valence-electron chi connectivity index (χ3n) is 4.51. The third-order valence-corrected chi connectivity index (χ3v) is 4.51. The second-order valence-corrected chi connectivity index (χ2v) is 5.75. The van der Waals surface area contributed by atoms with Crippen molar-refractivity contribution < 1.29 is 19.2 Å². The SMILES string of the molecule is Cc1ccc2c(c1)[C@H](C[N+](=O)[O-])[C@@]1(CCCC1=O)C(=O)O2. The molecule has 3 rings (SSSR count). The average molecular weight is 289 g/mol. The Balaban J connectivity index is 2.19. The quantitative estimate of drug-likeness (QED) is 0.273. The van der Waals surface area contributed by atoms with E-state index >= 15 is 0 Å². The van der Waals surface area contributed by atoms with Crippen LogP contribution in [0.4, 0.5) is 0 Å². The van der Waals surface area contributed by atoms with E-state index in [1.54, 1.807) is 18.2 Å². The molecule has 21 heavy (non-hydrogen) atoms. The zero-order valence-corrected chi connectivity index (χ0v) is 11.6. The van der Waals surface area contributed by atoms with E-state index in [1.165, 1.54) is 0 Å². The minimum Gasteiger partial charge on any atom is -0.425 e. The number of aryl methyl sites for hydroxylation is 1. The van der Waals surface area contributed by atoms with Gasteiger partial charge in [0.1, 0.15) is 11.2 Å². The molecule has 1 spiro atoms. The highest BCUT2D eigenvalue weighted by Crippen LogP contribution is 2.52. The van der Waals surface area contributed by atoms with Gasteiger partial charge in [0, 0.05) is 16.9 Å². The number of nitro groups is 1. The van der Waals surface area contributed by atoms with E-state index in [0.29, 0.717) is 24.2 Å². The number of hydrogen-bond donors (Lipinski definition) is 0. The van der Waals surface area contributed by atoms with E-state index in [2.05, 4.69) is 0 Å². The summed E-state index contributed by atoms with van der Waals surface area (Å²) in [6.07, 6.45) is 1.18. The summed E-state index contributed by atoms with van der Waals surface area (Å²) in [5.41, 5.74) is 0.149. The van der Waals surface area contributed by atoms with Gasteiger partial charge in [-0.05, 0) is 25.8 Å². The Kier molecular flexibility index (Phi) is 3.04. The summed E-state index contributed by atoms with van der Waals surface area (Å²) < 4.78 is 5.32. The first-order valence-electron chi connectivity index (χ1n) is 6.93. The number of rotatable bonds is 2. The molecule has 110 valence electrons. The summed E-state index contributed by atoms with van der Waals surface area (Å²) in [6.45, 7) is 1.43. The smallest absolute Gasteiger partial charge is 0.325 e. The maximum absolute atomic E-state index is 12.4. The fourth-order valence-electron chi connectivity index (χ4n) is 3.51. The summed E-state index contributed by atoms with van der Waals surface area (Å²) in [5.74, 6) is -1.26. The van der Waals surface area contributed by atoms with Crippen molar-refractivity contribution >= 4 is 11.8 Å². The first-order chi connectivity index (χ1) is 9.95. The Labute approximate surface area is 121 Å². The van der Waals surface area contributed by atoms with Gasteiger partial charge in [-0.15, -0.1) is 0 Å². The molecule has 0 saturated heterocycles. The zero-order valence-electron chi connectivity index (χ0n) is 11.6. The van der Waals surface area contributed by atoms with Gasteiger partial charge in [0.2, 0.25) is 6.54 Å². The van der Waals surface area contributed by atoms with Crippen LogP contribution >= 0.6 is 0 Å². The Morgan fingerprint density at radius 1 is 1.43 bits per heavy atom. The Hall–Kier alpha value is -2.24. The van der Waals surface area contributed by atoms with Crippen LogP contribution in [0.3, 0.4) is 0 Å². The van der Waals surface area contributed by atoms with Crippen LogP contribution in [0.25, 0.3) is 0 Å². The van der Waals surface area contributed by atoms with Gasteiger partial charge in [-0.2, -0.15) is 0 Å². The van der Waals surface area contributed by atoms with Crippen molar-refractivity contribution in [2.24, 2.45) is 5.41 Å². The number of carbonyl (C=O) groups is 2. The fourth-order valence-corrected chi connectivity index (χ4v) is 3.51. The van der Waals surface area contributed by atoms with E-state index < -0.39 is 28.8 Å². The molecule has 0 N–H and O–H groups in total. The van der Waals surface area contributed by atoms with Crippen molar-refractivity contribution in [3.8, 4) is 5.75 Å². The molecule has 0 radical (unpaired) electrons. The Bertz CT molecular complexity index is 653. The van der Waals surface area contributed by atoms with E-state index in [9.17, 15) is 19.7 Å². The van der Waals surface area contributed by atoms with Gasteiger partial charge in [-0.1, -0.05) is 17.7 Å². The molecule has 0 bridgehead atoms. The normalized spacial score (nSPS) is 27.6. The highest BCUT2D eigenvalue weighted by atomic mass is 16.6. The molecule has 0 amide bonds. The Morgan fingerprint density at radius 2 is 2.19 bits per heavy atom. The predicted molar refractivity (Wildman–Crippen MR) is 72.7 cm³/mol. The molecule has 0 unspecified atom stereocenters. The minimum atomic E-state index is -1.37. The van der Waals surface area contributed by atoms with Crippen molar-refractivity contribution in [1.29, 1.82) is 0 Å². The van der Waals surface area contributed by atoms with Gasteiger partial charge < -0.3 is 4.74 Å². The first kappa shape index (κ1) is 13.7. The number of esters is 1. The van der Waals surface area contributed by atoms with Crippen LogP contribution in [-0.4, -0.2) is 23.2 Å². The molecule has 1 aliphatic heterocycles. The minimum absolute atomic E-state index is 0.230. The molecule has 1 aromatic carbocycles. The lowest BCUT2D eigenvalue weighted by Crippen LogP contribution is -2.48. The fraction of sp³-hybridized carbons (Fsp3) is 0.467. The average Bonchev–Trinajstić information content (AvgIpc) is 2.79.